The Kier molecular flexibility index (Phi) is 20.3. The smallest absolute Gasteiger partial charge is 0.0991 e. The zero-order chi connectivity index (χ0) is 85.2. The molecular weight excluding hydrogens is 1550 g/mol. The summed E-state index contributed by atoms with van der Waals surface area (Å²) < 4.78 is 0. The van der Waals surface area contributed by atoms with Gasteiger partial charge in [0.1, 0.15) is 0 Å². The predicted molar refractivity (Wildman–Crippen MR) is 536 cm³/mol. The molecule has 0 N–H and O–H groups in total. The second-order valence-corrected chi connectivity index (χ2v) is 32.3. The van der Waals surface area contributed by atoms with Crippen LogP contribution in [0.2, 0.25) is 0 Å². The summed E-state index contributed by atoms with van der Waals surface area (Å²) in [7, 11) is 0. The van der Waals surface area contributed by atoms with E-state index in [9.17, 15) is 5.26 Å². The molecule has 0 bridgehead atoms. The molecule has 0 amide bonds. The molecule has 19 aromatic carbocycles. The van der Waals surface area contributed by atoms with Gasteiger partial charge >= 0.3 is 0 Å². The first-order valence-electron chi connectivity index (χ1n) is 43.3. The summed E-state index contributed by atoms with van der Waals surface area (Å²) in [6.07, 6.45) is 0. The van der Waals surface area contributed by atoms with E-state index in [0.717, 1.165) is 154 Å². The van der Waals surface area contributed by atoms with E-state index in [4.69, 9.17) is 24.9 Å². The van der Waals surface area contributed by atoms with Gasteiger partial charge in [-0.2, -0.15) is 5.26 Å². The summed E-state index contributed by atoms with van der Waals surface area (Å²) in [5.41, 5.74) is 33.6. The highest BCUT2D eigenvalue weighted by Gasteiger charge is 2.23. The fourth-order valence-electron chi connectivity index (χ4n) is 18.4. The minimum atomic E-state index is 0.654. The molecule has 0 spiro atoms. The number of para-hydroxylation sites is 3. The van der Waals surface area contributed by atoms with Crippen molar-refractivity contribution in [3.8, 4) is 140 Å². The highest BCUT2D eigenvalue weighted by Crippen LogP contribution is 2.47. The monoisotopic (exact) mass is 1630 g/mol. The van der Waals surface area contributed by atoms with Gasteiger partial charge in [-0.1, -0.05) is 400 Å². The van der Waals surface area contributed by atoms with Crippen LogP contribution in [0.4, 0.5) is 0 Å². The second kappa shape index (κ2) is 33.9. The molecule has 0 aliphatic carbocycles. The molecular formula is C122H78N6. The van der Waals surface area contributed by atoms with Crippen LogP contribution >= 0.6 is 0 Å². The van der Waals surface area contributed by atoms with E-state index in [1.165, 1.54) is 77.4 Å². The lowest BCUT2D eigenvalue weighted by atomic mass is 9.90. The van der Waals surface area contributed by atoms with Crippen LogP contribution in [0.5, 0.6) is 0 Å². The Bertz CT molecular complexity index is 8310. The average Bonchev–Trinajstić information content (AvgIpc) is 0.748. The molecule has 0 fully saturated rings. The third kappa shape index (κ3) is 14.7. The van der Waals surface area contributed by atoms with E-state index >= 15 is 0 Å². The average molecular weight is 1630 g/mol. The standard InChI is InChI=1S/C46H30N2.C44H28N2.C32H20N2/c1-4-14-31(15-5-1)39-28-42-41(30-45(34-18-8-3-9-19-34)48-46(42)38-22-11-10-20-36(38)39)33-24-26-35(27-25-33)44-29-40(32-16-6-2-7-17-32)37-21-12-13-23-43(37)47-44;1-3-13-29(14-4-1)37-27-39-38(28-42(31-15-5-2-6-16-31)46-44(39)34-18-8-7-17-33(34)37)30-23-25-32(26-24-30)43-35-19-9-11-21-40(35)45-41-22-12-10-20-36(41)43;33-21-22-15-17-24(18-16-22)29-20-31(25-11-5-2-6-12-25)34-32-27-14-8-7-13-26(27)28(19-30(29)32)23-9-3-1-4-10-23/h1-30H;1-28H;1-20H. The molecule has 6 nitrogen and oxygen atoms in total. The molecule has 0 aliphatic rings. The van der Waals surface area contributed by atoms with Gasteiger partial charge in [-0.05, 0) is 172 Å². The molecule has 0 atom stereocenters. The van der Waals surface area contributed by atoms with Crippen LogP contribution < -0.4 is 0 Å². The van der Waals surface area contributed by atoms with Gasteiger partial charge in [-0.25, -0.2) is 24.9 Å². The van der Waals surface area contributed by atoms with Crippen LogP contribution in [0.3, 0.4) is 0 Å². The van der Waals surface area contributed by atoms with Crippen molar-refractivity contribution in [3.63, 3.8) is 0 Å². The van der Waals surface area contributed by atoms with E-state index in [-0.39, 0.29) is 0 Å². The Morgan fingerprint density at radius 2 is 0.359 bits per heavy atom. The second-order valence-electron chi connectivity index (χ2n) is 32.3. The fourth-order valence-corrected chi connectivity index (χ4v) is 18.4. The lowest BCUT2D eigenvalue weighted by Gasteiger charge is -2.16. The van der Waals surface area contributed by atoms with Gasteiger partial charge in [0, 0.05) is 76.3 Å². The Morgan fingerprint density at radius 1 is 0.148 bits per heavy atom. The summed E-state index contributed by atoms with van der Waals surface area (Å²) in [4.78, 5) is 25.9. The van der Waals surface area contributed by atoms with Crippen LogP contribution in [-0.4, -0.2) is 24.9 Å². The van der Waals surface area contributed by atoms with Crippen molar-refractivity contribution in [2.45, 2.75) is 0 Å². The fraction of sp³-hybridized carbons (Fsp3) is 0. The highest BCUT2D eigenvalue weighted by molar-refractivity contribution is 6.20. The van der Waals surface area contributed by atoms with Crippen molar-refractivity contribution in [1.82, 2.24) is 24.9 Å². The topological polar surface area (TPSA) is 88.2 Å². The van der Waals surface area contributed by atoms with Crippen LogP contribution in [0.25, 0.3) is 232 Å². The largest absolute Gasteiger partial charge is 0.248 e. The Labute approximate surface area is 741 Å². The van der Waals surface area contributed by atoms with E-state index < -0.39 is 0 Å². The summed E-state index contributed by atoms with van der Waals surface area (Å²) in [6, 6.07) is 169. The summed E-state index contributed by atoms with van der Waals surface area (Å²) in [5.74, 6) is 0. The maximum Gasteiger partial charge on any atom is 0.0991 e. The number of pyridine rings is 5. The van der Waals surface area contributed by atoms with E-state index in [1.54, 1.807) is 0 Å². The number of hydrogen-bond acceptors (Lipinski definition) is 6. The first-order valence-corrected chi connectivity index (χ1v) is 43.3. The molecule has 0 aliphatic heterocycles. The molecule has 5 heterocycles. The zero-order valence-corrected chi connectivity index (χ0v) is 69.7. The van der Waals surface area contributed by atoms with E-state index in [2.05, 4.69) is 431 Å². The first-order chi connectivity index (χ1) is 63.4. The van der Waals surface area contributed by atoms with Crippen LogP contribution in [0.15, 0.2) is 473 Å². The minimum absolute atomic E-state index is 0.654. The number of nitriles is 1. The molecule has 128 heavy (non-hydrogen) atoms. The quantitative estimate of drug-likeness (QED) is 0.0894. The Morgan fingerprint density at radius 3 is 0.680 bits per heavy atom. The van der Waals surface area contributed by atoms with Crippen LogP contribution in [0.1, 0.15) is 5.56 Å². The molecule has 24 rings (SSSR count). The van der Waals surface area contributed by atoms with Crippen LogP contribution in [0, 0.1) is 11.3 Å². The lowest BCUT2D eigenvalue weighted by molar-refractivity contribution is 1.39. The number of aromatic nitrogens is 5. The van der Waals surface area contributed by atoms with Gasteiger partial charge in [-0.3, -0.25) is 0 Å². The molecule has 0 saturated heterocycles. The van der Waals surface area contributed by atoms with Crippen molar-refractivity contribution in [2.75, 3.05) is 0 Å². The molecule has 24 aromatic rings. The van der Waals surface area contributed by atoms with Crippen molar-refractivity contribution in [2.24, 2.45) is 0 Å². The van der Waals surface area contributed by atoms with Crippen molar-refractivity contribution < 1.29 is 0 Å². The number of hydrogen-bond donors (Lipinski definition) is 0. The zero-order valence-electron chi connectivity index (χ0n) is 69.7. The summed E-state index contributed by atoms with van der Waals surface area (Å²) >= 11 is 0. The van der Waals surface area contributed by atoms with Gasteiger partial charge in [0.25, 0.3) is 0 Å². The normalized spacial score (nSPS) is 11.3. The van der Waals surface area contributed by atoms with Crippen molar-refractivity contribution in [1.29, 1.82) is 5.26 Å². The number of benzene rings is 19. The molecule has 5 aromatic heterocycles. The number of fused-ring (bicyclic) bond motifs is 12. The third-order valence-electron chi connectivity index (χ3n) is 24.6. The molecule has 6 heteroatoms. The number of nitrogens with zero attached hydrogens (tertiary/aromatic N) is 6. The Balaban J connectivity index is 0.000000115. The molecule has 0 saturated carbocycles. The Hall–Kier alpha value is -17.2. The van der Waals surface area contributed by atoms with Crippen molar-refractivity contribution in [3.05, 3.63) is 479 Å². The van der Waals surface area contributed by atoms with E-state index in [1.807, 2.05) is 48.5 Å². The van der Waals surface area contributed by atoms with Gasteiger partial charge < -0.3 is 0 Å². The lowest BCUT2D eigenvalue weighted by Crippen LogP contribution is -1.93. The highest BCUT2D eigenvalue weighted by atomic mass is 14.7. The SMILES string of the molecule is N#Cc1ccc(-c2cc(-c3ccccc3)nc3c2cc(-c2ccccc2)c2ccccc23)cc1.c1ccc(-c2cc(-c3ccc(-c4c5ccccc5nc5ccccc45)cc3)c3cc(-c4ccccc4)c4ccccc4c3n2)cc1.c1ccc(-c2cc(-c3ccc(-c4cc(-c5ccccc5)c5ccccc5n4)cc3)c3cc(-c4ccccc4)c4ccccc4c3n2)cc1. The predicted octanol–water partition coefficient (Wildman–Crippen LogP) is 32.3. The van der Waals surface area contributed by atoms with Gasteiger partial charge in [0.05, 0.1) is 67.5 Å². The minimum Gasteiger partial charge on any atom is -0.248 e. The molecule has 596 valence electrons. The first kappa shape index (κ1) is 76.9. The van der Waals surface area contributed by atoms with Gasteiger partial charge in [0.2, 0.25) is 0 Å². The maximum atomic E-state index is 9.28. The number of rotatable bonds is 12. The molecule has 0 unspecified atom stereocenters. The van der Waals surface area contributed by atoms with Crippen LogP contribution in [-0.2, 0) is 0 Å². The van der Waals surface area contributed by atoms with E-state index in [0.29, 0.717) is 5.56 Å². The van der Waals surface area contributed by atoms with Gasteiger partial charge in [0.15, 0.2) is 0 Å². The summed E-state index contributed by atoms with van der Waals surface area (Å²) in [6.45, 7) is 0. The van der Waals surface area contributed by atoms with Gasteiger partial charge in [-0.15, -0.1) is 0 Å². The maximum absolute atomic E-state index is 9.28. The van der Waals surface area contributed by atoms with Crippen molar-refractivity contribution >= 4 is 97.7 Å². The third-order valence-corrected chi connectivity index (χ3v) is 24.6. The summed E-state index contributed by atoms with van der Waals surface area (Å²) in [5, 5.41) is 23.2. The molecule has 0 radical (unpaired) electrons.